The van der Waals surface area contributed by atoms with E-state index < -0.39 is 0 Å². The number of hydrogen-bond acceptors (Lipinski definition) is 4. The van der Waals surface area contributed by atoms with Crippen LogP contribution in [0.4, 0.5) is 11.4 Å². The van der Waals surface area contributed by atoms with Crippen molar-refractivity contribution in [3.63, 3.8) is 0 Å². The third kappa shape index (κ3) is 4.32. The van der Waals surface area contributed by atoms with Gasteiger partial charge in [-0.15, -0.1) is 0 Å². The third-order valence-electron chi connectivity index (χ3n) is 2.16. The average molecular weight is 238 g/mol. The van der Waals surface area contributed by atoms with Crippen LogP contribution in [0, 0.1) is 0 Å². The molecule has 0 aliphatic rings. The Hall–Kier alpha value is -1.75. The lowest BCUT2D eigenvalue weighted by atomic mass is 10.2. The fourth-order valence-corrected chi connectivity index (χ4v) is 1.24. The monoisotopic (exact) mass is 238 g/mol. The zero-order chi connectivity index (χ0) is 12.7. The zero-order valence-electron chi connectivity index (χ0n) is 10.2. The number of ether oxygens (including phenoxy) is 2. The Morgan fingerprint density at radius 2 is 2.18 bits per heavy atom. The minimum Gasteiger partial charge on any atom is -0.489 e. The number of rotatable bonds is 6. The largest absolute Gasteiger partial charge is 0.489 e. The minimum absolute atomic E-state index is 0.0440. The molecular formula is C12H18N2O3. The number of nitrogen functional groups attached to an aromatic ring is 1. The quantitative estimate of drug-likeness (QED) is 0.583. The average Bonchev–Trinajstić information content (AvgIpc) is 2.32. The van der Waals surface area contributed by atoms with Gasteiger partial charge in [0.25, 0.3) is 0 Å². The van der Waals surface area contributed by atoms with Crippen LogP contribution in [0.15, 0.2) is 18.2 Å². The highest BCUT2D eigenvalue weighted by molar-refractivity contribution is 5.91. The molecule has 0 spiro atoms. The second-order valence-corrected chi connectivity index (χ2v) is 3.50. The molecule has 0 saturated heterocycles. The summed E-state index contributed by atoms with van der Waals surface area (Å²) in [7, 11) is 1.61. The molecule has 1 aromatic carbocycles. The number of carbonyl (C=O) groups is 1. The van der Waals surface area contributed by atoms with Gasteiger partial charge in [0.15, 0.2) is 0 Å². The first-order chi connectivity index (χ1) is 8.17. The normalized spacial score (nSPS) is 10.0. The lowest BCUT2D eigenvalue weighted by Crippen LogP contribution is -2.10. The first-order valence-electron chi connectivity index (χ1n) is 5.48. The van der Waals surface area contributed by atoms with Crippen molar-refractivity contribution in [1.82, 2.24) is 0 Å². The summed E-state index contributed by atoms with van der Waals surface area (Å²) in [5.41, 5.74) is 6.97. The standard InChI is InChI=1S/C12H18N2O3/c1-3-12(15)14-9-4-5-11(10(13)8-9)17-7-6-16-2/h4-5,8H,3,6-7,13H2,1-2H3,(H,14,15). The Labute approximate surface area is 101 Å². The number of hydrogen-bond donors (Lipinski definition) is 2. The van der Waals surface area contributed by atoms with Crippen LogP contribution in [0.1, 0.15) is 13.3 Å². The molecule has 1 aromatic rings. The van der Waals surface area contributed by atoms with E-state index in [1.54, 1.807) is 32.2 Å². The molecule has 0 fully saturated rings. The summed E-state index contributed by atoms with van der Waals surface area (Å²) >= 11 is 0. The molecule has 0 aliphatic carbocycles. The van der Waals surface area contributed by atoms with Gasteiger partial charge in [0.05, 0.1) is 12.3 Å². The number of nitrogens with two attached hydrogens (primary N) is 1. The van der Waals surface area contributed by atoms with Gasteiger partial charge in [0.1, 0.15) is 12.4 Å². The van der Waals surface area contributed by atoms with Crippen LogP contribution < -0.4 is 15.8 Å². The van der Waals surface area contributed by atoms with E-state index in [1.807, 2.05) is 0 Å². The predicted octanol–water partition coefficient (Wildman–Crippen LogP) is 1.64. The molecule has 0 saturated carbocycles. The van der Waals surface area contributed by atoms with Gasteiger partial charge in [0.2, 0.25) is 5.91 Å². The van der Waals surface area contributed by atoms with E-state index in [9.17, 15) is 4.79 Å². The van der Waals surface area contributed by atoms with Crippen molar-refractivity contribution in [1.29, 1.82) is 0 Å². The van der Waals surface area contributed by atoms with Gasteiger partial charge in [-0.2, -0.15) is 0 Å². The highest BCUT2D eigenvalue weighted by atomic mass is 16.5. The number of methoxy groups -OCH3 is 1. The fourth-order valence-electron chi connectivity index (χ4n) is 1.24. The van der Waals surface area contributed by atoms with E-state index in [0.717, 1.165) is 0 Å². The summed E-state index contributed by atoms with van der Waals surface area (Å²) in [6.07, 6.45) is 0.437. The number of nitrogens with one attached hydrogen (secondary N) is 1. The summed E-state index contributed by atoms with van der Waals surface area (Å²) in [4.78, 5) is 11.2. The highest BCUT2D eigenvalue weighted by Gasteiger charge is 2.04. The molecule has 0 unspecified atom stereocenters. The maximum absolute atomic E-state index is 11.2. The van der Waals surface area contributed by atoms with Gasteiger partial charge in [-0.05, 0) is 18.2 Å². The van der Waals surface area contributed by atoms with Gasteiger partial charge in [-0.1, -0.05) is 6.92 Å². The molecule has 5 nitrogen and oxygen atoms in total. The summed E-state index contributed by atoms with van der Waals surface area (Å²) in [6, 6.07) is 5.16. The fraction of sp³-hybridized carbons (Fsp3) is 0.417. The smallest absolute Gasteiger partial charge is 0.224 e. The summed E-state index contributed by atoms with van der Waals surface area (Å²) in [6.45, 7) is 2.75. The summed E-state index contributed by atoms with van der Waals surface area (Å²) in [5, 5.41) is 2.73. The lowest BCUT2D eigenvalue weighted by molar-refractivity contribution is -0.115. The van der Waals surface area contributed by atoms with E-state index in [2.05, 4.69) is 5.32 Å². The summed E-state index contributed by atoms with van der Waals surface area (Å²) < 4.78 is 10.3. The van der Waals surface area contributed by atoms with Gasteiger partial charge in [-0.3, -0.25) is 4.79 Å². The molecule has 94 valence electrons. The molecule has 0 aromatic heterocycles. The van der Waals surface area contributed by atoms with Crippen molar-refractivity contribution in [2.45, 2.75) is 13.3 Å². The second kappa shape index (κ2) is 6.75. The Kier molecular flexibility index (Phi) is 5.29. The number of carbonyl (C=O) groups excluding carboxylic acids is 1. The Balaban J connectivity index is 2.62. The van der Waals surface area contributed by atoms with Gasteiger partial charge >= 0.3 is 0 Å². The van der Waals surface area contributed by atoms with Crippen LogP contribution in [0.5, 0.6) is 5.75 Å². The molecule has 5 heteroatoms. The molecule has 3 N–H and O–H groups in total. The first-order valence-corrected chi connectivity index (χ1v) is 5.48. The number of amides is 1. The molecule has 0 heterocycles. The van der Waals surface area contributed by atoms with Crippen LogP contribution in [0.3, 0.4) is 0 Å². The van der Waals surface area contributed by atoms with E-state index >= 15 is 0 Å². The van der Waals surface area contributed by atoms with E-state index in [4.69, 9.17) is 15.2 Å². The molecular weight excluding hydrogens is 220 g/mol. The number of benzene rings is 1. The van der Waals surface area contributed by atoms with E-state index in [-0.39, 0.29) is 5.91 Å². The van der Waals surface area contributed by atoms with Gasteiger partial charge < -0.3 is 20.5 Å². The van der Waals surface area contributed by atoms with Crippen LogP contribution in [-0.4, -0.2) is 26.2 Å². The van der Waals surface area contributed by atoms with Crippen molar-refractivity contribution in [3.8, 4) is 5.75 Å². The first kappa shape index (κ1) is 13.3. The van der Waals surface area contributed by atoms with Crippen LogP contribution >= 0.6 is 0 Å². The van der Waals surface area contributed by atoms with Crippen molar-refractivity contribution in [3.05, 3.63) is 18.2 Å². The van der Waals surface area contributed by atoms with Gasteiger partial charge in [0, 0.05) is 19.2 Å². The van der Waals surface area contributed by atoms with Crippen molar-refractivity contribution in [2.75, 3.05) is 31.4 Å². The maximum Gasteiger partial charge on any atom is 0.224 e. The molecule has 0 bridgehead atoms. The second-order valence-electron chi connectivity index (χ2n) is 3.50. The molecule has 0 radical (unpaired) electrons. The number of anilines is 2. The predicted molar refractivity (Wildman–Crippen MR) is 67.1 cm³/mol. The summed E-state index contributed by atoms with van der Waals surface area (Å²) in [5.74, 6) is 0.550. The minimum atomic E-state index is -0.0440. The Bertz CT molecular complexity index is 380. The molecule has 1 rings (SSSR count). The third-order valence-corrected chi connectivity index (χ3v) is 2.16. The topological polar surface area (TPSA) is 73.6 Å². The van der Waals surface area contributed by atoms with Crippen LogP contribution in [0.2, 0.25) is 0 Å². The highest BCUT2D eigenvalue weighted by Crippen LogP contribution is 2.25. The van der Waals surface area contributed by atoms with E-state index in [1.165, 1.54) is 0 Å². The van der Waals surface area contributed by atoms with Crippen molar-refractivity contribution < 1.29 is 14.3 Å². The molecule has 0 aliphatic heterocycles. The zero-order valence-corrected chi connectivity index (χ0v) is 10.2. The SMILES string of the molecule is CCC(=O)Nc1ccc(OCCOC)c(N)c1. The van der Waals surface area contributed by atoms with Crippen molar-refractivity contribution in [2.24, 2.45) is 0 Å². The van der Waals surface area contributed by atoms with Crippen molar-refractivity contribution >= 4 is 17.3 Å². The molecule has 0 atom stereocenters. The maximum atomic E-state index is 11.2. The van der Waals surface area contributed by atoms with Gasteiger partial charge in [-0.25, -0.2) is 0 Å². The lowest BCUT2D eigenvalue weighted by Gasteiger charge is -2.10. The van der Waals surface area contributed by atoms with Crippen LogP contribution in [-0.2, 0) is 9.53 Å². The molecule has 17 heavy (non-hydrogen) atoms. The van der Waals surface area contributed by atoms with Crippen LogP contribution in [0.25, 0.3) is 0 Å². The molecule has 1 amide bonds. The van der Waals surface area contributed by atoms with E-state index in [0.29, 0.717) is 36.8 Å². The Morgan fingerprint density at radius 1 is 1.41 bits per heavy atom. The Morgan fingerprint density at radius 3 is 2.76 bits per heavy atom.